The maximum absolute atomic E-state index is 12.9. The van der Waals surface area contributed by atoms with Crippen molar-refractivity contribution in [1.82, 2.24) is 4.90 Å². The highest BCUT2D eigenvalue weighted by atomic mass is 35.5. The highest BCUT2D eigenvalue weighted by Gasteiger charge is 2.19. The van der Waals surface area contributed by atoms with E-state index in [1.165, 1.54) is 12.1 Å². The molecule has 0 aliphatic heterocycles. The van der Waals surface area contributed by atoms with Gasteiger partial charge in [0, 0.05) is 18.8 Å². The SMILES string of the molecule is CCN(C(=O)CCCCCl)C(C)c1ccc(F)cc1. The van der Waals surface area contributed by atoms with E-state index in [4.69, 9.17) is 11.6 Å². The summed E-state index contributed by atoms with van der Waals surface area (Å²) in [7, 11) is 0. The molecule has 4 heteroatoms. The molecule has 0 saturated carbocycles. The lowest BCUT2D eigenvalue weighted by molar-refractivity contribution is -0.133. The molecule has 1 amide bonds. The van der Waals surface area contributed by atoms with Gasteiger partial charge in [-0.05, 0) is 44.4 Å². The zero-order chi connectivity index (χ0) is 14.3. The van der Waals surface area contributed by atoms with Crippen LogP contribution in [-0.4, -0.2) is 23.2 Å². The summed E-state index contributed by atoms with van der Waals surface area (Å²) in [5.74, 6) is 0.462. The van der Waals surface area contributed by atoms with Crippen molar-refractivity contribution in [3.63, 3.8) is 0 Å². The van der Waals surface area contributed by atoms with Crippen molar-refractivity contribution in [2.24, 2.45) is 0 Å². The quantitative estimate of drug-likeness (QED) is 0.544. The summed E-state index contributed by atoms with van der Waals surface area (Å²) < 4.78 is 12.9. The van der Waals surface area contributed by atoms with Gasteiger partial charge in [-0.1, -0.05) is 12.1 Å². The van der Waals surface area contributed by atoms with Crippen molar-refractivity contribution in [1.29, 1.82) is 0 Å². The van der Waals surface area contributed by atoms with Crippen molar-refractivity contribution in [2.45, 2.75) is 39.2 Å². The van der Waals surface area contributed by atoms with Crippen LogP contribution in [0.25, 0.3) is 0 Å². The Morgan fingerprint density at radius 3 is 2.47 bits per heavy atom. The topological polar surface area (TPSA) is 20.3 Å². The number of carbonyl (C=O) groups excluding carboxylic acids is 1. The van der Waals surface area contributed by atoms with E-state index >= 15 is 0 Å². The molecule has 0 spiro atoms. The average molecular weight is 286 g/mol. The second kappa shape index (κ2) is 8.16. The Kier molecular flexibility index (Phi) is 6.85. The Morgan fingerprint density at radius 1 is 1.32 bits per heavy atom. The van der Waals surface area contributed by atoms with Crippen LogP contribution in [-0.2, 0) is 4.79 Å². The fraction of sp³-hybridized carbons (Fsp3) is 0.533. The summed E-state index contributed by atoms with van der Waals surface area (Å²) in [6.07, 6.45) is 2.19. The summed E-state index contributed by atoms with van der Waals surface area (Å²) in [5, 5.41) is 0. The molecule has 106 valence electrons. The fourth-order valence-corrected chi connectivity index (χ4v) is 2.29. The zero-order valence-corrected chi connectivity index (χ0v) is 12.3. The maximum atomic E-state index is 12.9. The van der Waals surface area contributed by atoms with Gasteiger partial charge in [-0.15, -0.1) is 11.6 Å². The molecule has 0 heterocycles. The Labute approximate surface area is 119 Å². The largest absolute Gasteiger partial charge is 0.336 e. The molecule has 1 rings (SSSR count). The minimum absolute atomic E-state index is 0.0332. The normalized spacial score (nSPS) is 12.2. The number of halogens is 2. The van der Waals surface area contributed by atoms with Gasteiger partial charge in [0.25, 0.3) is 0 Å². The van der Waals surface area contributed by atoms with Crippen LogP contribution in [0.2, 0.25) is 0 Å². The van der Waals surface area contributed by atoms with Gasteiger partial charge in [-0.2, -0.15) is 0 Å². The van der Waals surface area contributed by atoms with E-state index in [0.29, 0.717) is 18.8 Å². The smallest absolute Gasteiger partial charge is 0.223 e. The first kappa shape index (κ1) is 16.0. The van der Waals surface area contributed by atoms with E-state index in [-0.39, 0.29) is 17.8 Å². The van der Waals surface area contributed by atoms with E-state index in [2.05, 4.69) is 0 Å². The van der Waals surface area contributed by atoms with Crippen LogP contribution in [0.4, 0.5) is 4.39 Å². The van der Waals surface area contributed by atoms with Crippen LogP contribution in [0, 0.1) is 5.82 Å². The first-order chi connectivity index (χ1) is 9.10. The number of hydrogen-bond acceptors (Lipinski definition) is 1. The first-order valence-corrected chi connectivity index (χ1v) is 7.24. The molecule has 2 nitrogen and oxygen atoms in total. The molecule has 1 atom stereocenters. The number of carbonyl (C=O) groups is 1. The lowest BCUT2D eigenvalue weighted by Gasteiger charge is -2.28. The van der Waals surface area contributed by atoms with Gasteiger partial charge in [-0.3, -0.25) is 4.79 Å². The van der Waals surface area contributed by atoms with Gasteiger partial charge in [-0.25, -0.2) is 4.39 Å². The Bertz CT molecular complexity index is 394. The van der Waals surface area contributed by atoms with Crippen LogP contribution in [0.1, 0.15) is 44.7 Å². The monoisotopic (exact) mass is 285 g/mol. The summed E-state index contributed by atoms with van der Waals surface area (Å²) in [6, 6.07) is 6.28. The van der Waals surface area contributed by atoms with Crippen LogP contribution in [0.5, 0.6) is 0 Å². The Hall–Kier alpha value is -1.09. The van der Waals surface area contributed by atoms with Crippen LogP contribution in [0.3, 0.4) is 0 Å². The molecule has 0 bridgehead atoms. The Balaban J connectivity index is 2.67. The predicted octanol–water partition coefficient (Wildman–Crippen LogP) is 4.14. The van der Waals surface area contributed by atoms with Crippen molar-refractivity contribution in [3.8, 4) is 0 Å². The zero-order valence-electron chi connectivity index (χ0n) is 11.5. The lowest BCUT2D eigenvalue weighted by atomic mass is 10.1. The van der Waals surface area contributed by atoms with E-state index < -0.39 is 0 Å². The molecule has 0 aliphatic carbocycles. The predicted molar refractivity (Wildman–Crippen MR) is 76.8 cm³/mol. The number of hydrogen-bond donors (Lipinski definition) is 0. The number of rotatable bonds is 7. The second-order valence-electron chi connectivity index (χ2n) is 4.55. The summed E-state index contributed by atoms with van der Waals surface area (Å²) >= 11 is 5.61. The Morgan fingerprint density at radius 2 is 1.95 bits per heavy atom. The second-order valence-corrected chi connectivity index (χ2v) is 4.93. The molecule has 0 fully saturated rings. The summed E-state index contributed by atoms with van der Waals surface area (Å²) in [6.45, 7) is 4.58. The lowest BCUT2D eigenvalue weighted by Crippen LogP contribution is -2.33. The number of unbranched alkanes of at least 4 members (excludes halogenated alkanes) is 1. The van der Waals surface area contributed by atoms with Crippen molar-refractivity contribution >= 4 is 17.5 Å². The molecule has 19 heavy (non-hydrogen) atoms. The van der Waals surface area contributed by atoms with E-state index in [1.54, 1.807) is 12.1 Å². The van der Waals surface area contributed by atoms with Gasteiger partial charge in [0.1, 0.15) is 5.82 Å². The number of benzene rings is 1. The molecule has 1 aromatic rings. The third kappa shape index (κ3) is 4.83. The molecule has 0 saturated heterocycles. The van der Waals surface area contributed by atoms with E-state index in [0.717, 1.165) is 18.4 Å². The molecule has 0 aliphatic rings. The van der Waals surface area contributed by atoms with Gasteiger partial charge < -0.3 is 4.90 Å². The molecule has 0 aromatic heterocycles. The molecule has 1 aromatic carbocycles. The third-order valence-corrected chi connectivity index (χ3v) is 3.52. The first-order valence-electron chi connectivity index (χ1n) is 6.71. The van der Waals surface area contributed by atoms with Crippen molar-refractivity contribution in [2.75, 3.05) is 12.4 Å². The minimum atomic E-state index is -0.257. The number of amides is 1. The molecule has 0 radical (unpaired) electrons. The number of nitrogens with zero attached hydrogens (tertiary/aromatic N) is 1. The van der Waals surface area contributed by atoms with Gasteiger partial charge in [0.05, 0.1) is 6.04 Å². The highest BCUT2D eigenvalue weighted by Crippen LogP contribution is 2.21. The van der Waals surface area contributed by atoms with Crippen LogP contribution in [0.15, 0.2) is 24.3 Å². The van der Waals surface area contributed by atoms with E-state index in [9.17, 15) is 9.18 Å². The van der Waals surface area contributed by atoms with E-state index in [1.807, 2.05) is 18.7 Å². The average Bonchev–Trinajstić information content (AvgIpc) is 2.40. The molecular formula is C15H21ClFNO. The standard InChI is InChI=1S/C15H21ClFNO/c1-3-18(15(19)6-4-5-11-16)12(2)13-7-9-14(17)10-8-13/h7-10,12H,3-6,11H2,1-2H3. The molecule has 1 unspecified atom stereocenters. The fourth-order valence-electron chi connectivity index (χ4n) is 2.10. The summed E-state index contributed by atoms with van der Waals surface area (Å²) in [5.41, 5.74) is 0.953. The van der Waals surface area contributed by atoms with Crippen molar-refractivity contribution < 1.29 is 9.18 Å². The van der Waals surface area contributed by atoms with Crippen LogP contribution < -0.4 is 0 Å². The maximum Gasteiger partial charge on any atom is 0.223 e. The number of alkyl halides is 1. The summed E-state index contributed by atoms with van der Waals surface area (Å²) in [4.78, 5) is 14.0. The van der Waals surface area contributed by atoms with Crippen molar-refractivity contribution in [3.05, 3.63) is 35.6 Å². The van der Waals surface area contributed by atoms with Gasteiger partial charge >= 0.3 is 0 Å². The highest BCUT2D eigenvalue weighted by molar-refractivity contribution is 6.17. The van der Waals surface area contributed by atoms with Crippen LogP contribution >= 0.6 is 11.6 Å². The third-order valence-electron chi connectivity index (χ3n) is 3.26. The van der Waals surface area contributed by atoms with Gasteiger partial charge in [0.15, 0.2) is 0 Å². The van der Waals surface area contributed by atoms with Gasteiger partial charge in [0.2, 0.25) is 5.91 Å². The molecule has 0 N–H and O–H groups in total. The molecular weight excluding hydrogens is 265 g/mol. The minimum Gasteiger partial charge on any atom is -0.336 e.